The molecule has 140 valence electrons. The number of nitrogens with one attached hydrogen (secondary N) is 2. The maximum Gasteiger partial charge on any atom is 0.407 e. The molecule has 0 spiro atoms. The van der Waals surface area contributed by atoms with Crippen molar-refractivity contribution in [3.8, 4) is 0 Å². The molecule has 7 heteroatoms. The van der Waals surface area contributed by atoms with Crippen LogP contribution >= 0.6 is 0 Å². The molecule has 2 fully saturated rings. The number of benzene rings is 1. The monoisotopic (exact) mass is 359 g/mol. The van der Waals surface area contributed by atoms with Gasteiger partial charge in [0.15, 0.2) is 0 Å². The van der Waals surface area contributed by atoms with Gasteiger partial charge in [0, 0.05) is 25.2 Å². The number of imide groups is 1. The third-order valence-electron chi connectivity index (χ3n) is 4.50. The van der Waals surface area contributed by atoms with E-state index < -0.39 is 11.7 Å². The number of hydrogen-bond donors (Lipinski definition) is 2. The molecule has 26 heavy (non-hydrogen) atoms. The number of rotatable bonds is 3. The van der Waals surface area contributed by atoms with Gasteiger partial charge in [-0.05, 0) is 44.9 Å². The highest BCUT2D eigenvalue weighted by molar-refractivity contribution is 6.00. The van der Waals surface area contributed by atoms with Gasteiger partial charge >= 0.3 is 6.09 Å². The highest BCUT2D eigenvalue weighted by atomic mass is 16.6. The second kappa shape index (κ2) is 6.97. The van der Waals surface area contributed by atoms with Gasteiger partial charge < -0.3 is 15.0 Å². The Labute approximate surface area is 153 Å². The largest absolute Gasteiger partial charge is 0.444 e. The number of anilines is 1. The predicted octanol–water partition coefficient (Wildman–Crippen LogP) is 1.92. The van der Waals surface area contributed by atoms with Crippen molar-refractivity contribution in [3.63, 3.8) is 0 Å². The SMILES string of the molecule is CC(C)(C)OC(=O)NC1CN(c2ccc(C3CCC(=O)NC3=O)cc2)C1. The molecule has 1 unspecified atom stereocenters. The lowest BCUT2D eigenvalue weighted by Crippen LogP contribution is -2.60. The summed E-state index contributed by atoms with van der Waals surface area (Å²) in [6.45, 7) is 6.95. The van der Waals surface area contributed by atoms with E-state index >= 15 is 0 Å². The second-order valence-corrected chi connectivity index (χ2v) is 7.84. The van der Waals surface area contributed by atoms with Gasteiger partial charge in [0.25, 0.3) is 0 Å². The molecule has 2 heterocycles. The lowest BCUT2D eigenvalue weighted by molar-refractivity contribution is -0.134. The molecule has 3 amide bonds. The molecule has 1 aromatic rings. The van der Waals surface area contributed by atoms with Crippen LogP contribution in [0, 0.1) is 0 Å². The molecule has 2 aliphatic heterocycles. The number of piperidine rings is 1. The summed E-state index contributed by atoms with van der Waals surface area (Å²) >= 11 is 0. The molecule has 3 rings (SSSR count). The van der Waals surface area contributed by atoms with Crippen molar-refractivity contribution in [3.05, 3.63) is 29.8 Å². The van der Waals surface area contributed by atoms with E-state index in [9.17, 15) is 14.4 Å². The highest BCUT2D eigenvalue weighted by Gasteiger charge is 2.31. The van der Waals surface area contributed by atoms with Crippen LogP contribution in [0.25, 0.3) is 0 Å². The number of ether oxygens (including phenoxy) is 1. The smallest absolute Gasteiger partial charge is 0.407 e. The summed E-state index contributed by atoms with van der Waals surface area (Å²) in [6, 6.07) is 7.89. The zero-order valence-electron chi connectivity index (χ0n) is 15.4. The van der Waals surface area contributed by atoms with E-state index in [-0.39, 0.29) is 23.8 Å². The Hall–Kier alpha value is -2.57. The third-order valence-corrected chi connectivity index (χ3v) is 4.50. The number of carbonyl (C=O) groups excluding carboxylic acids is 3. The average Bonchev–Trinajstić information content (AvgIpc) is 2.49. The third kappa shape index (κ3) is 4.33. The quantitative estimate of drug-likeness (QED) is 0.805. The number of alkyl carbamates (subject to hydrolysis) is 1. The van der Waals surface area contributed by atoms with Crippen LogP contribution < -0.4 is 15.5 Å². The van der Waals surface area contributed by atoms with Gasteiger partial charge in [0.2, 0.25) is 11.8 Å². The van der Waals surface area contributed by atoms with Crippen molar-refractivity contribution in [1.82, 2.24) is 10.6 Å². The minimum atomic E-state index is -0.501. The fourth-order valence-corrected chi connectivity index (χ4v) is 3.18. The molecule has 0 radical (unpaired) electrons. The van der Waals surface area contributed by atoms with Gasteiger partial charge in [0.05, 0.1) is 12.0 Å². The highest BCUT2D eigenvalue weighted by Crippen LogP contribution is 2.28. The topological polar surface area (TPSA) is 87.7 Å². The number of amides is 3. The zero-order chi connectivity index (χ0) is 18.9. The summed E-state index contributed by atoms with van der Waals surface area (Å²) in [5.74, 6) is -0.689. The summed E-state index contributed by atoms with van der Waals surface area (Å²) in [7, 11) is 0. The maximum absolute atomic E-state index is 11.9. The van der Waals surface area contributed by atoms with E-state index in [0.29, 0.717) is 12.8 Å². The van der Waals surface area contributed by atoms with E-state index in [1.54, 1.807) is 0 Å². The van der Waals surface area contributed by atoms with Crippen LogP contribution in [0.15, 0.2) is 24.3 Å². The van der Waals surface area contributed by atoms with E-state index in [1.807, 2.05) is 45.0 Å². The molecule has 1 aromatic carbocycles. The van der Waals surface area contributed by atoms with Crippen molar-refractivity contribution in [2.45, 2.75) is 51.2 Å². The van der Waals surface area contributed by atoms with Crippen molar-refractivity contribution in [1.29, 1.82) is 0 Å². The molecule has 7 nitrogen and oxygen atoms in total. The van der Waals surface area contributed by atoms with Gasteiger partial charge in [-0.25, -0.2) is 4.79 Å². The lowest BCUT2D eigenvalue weighted by Gasteiger charge is -2.41. The van der Waals surface area contributed by atoms with Crippen LogP contribution in [-0.4, -0.2) is 42.6 Å². The predicted molar refractivity (Wildman–Crippen MR) is 96.9 cm³/mol. The molecular formula is C19H25N3O4. The van der Waals surface area contributed by atoms with E-state index in [1.165, 1.54) is 0 Å². The van der Waals surface area contributed by atoms with Gasteiger partial charge in [-0.15, -0.1) is 0 Å². The first-order valence-corrected chi connectivity index (χ1v) is 8.89. The lowest BCUT2D eigenvalue weighted by atomic mass is 9.90. The fourth-order valence-electron chi connectivity index (χ4n) is 3.18. The maximum atomic E-state index is 11.9. The number of carbonyl (C=O) groups is 3. The Bertz CT molecular complexity index is 702. The Morgan fingerprint density at radius 3 is 2.42 bits per heavy atom. The standard InChI is InChI=1S/C19H25N3O4/c1-19(2,3)26-18(25)20-13-10-22(11-13)14-6-4-12(5-7-14)15-8-9-16(23)21-17(15)24/h4-7,13,15H,8-11H2,1-3H3,(H,20,25)(H,21,23,24). The summed E-state index contributed by atoms with van der Waals surface area (Å²) in [5.41, 5.74) is 1.46. The second-order valence-electron chi connectivity index (χ2n) is 7.84. The van der Waals surface area contributed by atoms with Crippen LogP contribution in [0.4, 0.5) is 10.5 Å². The van der Waals surface area contributed by atoms with Crippen LogP contribution in [0.5, 0.6) is 0 Å². The molecule has 2 saturated heterocycles. The van der Waals surface area contributed by atoms with E-state index in [2.05, 4.69) is 15.5 Å². The van der Waals surface area contributed by atoms with E-state index in [4.69, 9.17) is 4.74 Å². The molecule has 1 atom stereocenters. The van der Waals surface area contributed by atoms with Crippen LogP contribution in [0.2, 0.25) is 0 Å². The molecule has 0 aliphatic carbocycles. The Balaban J connectivity index is 1.51. The normalized spacial score (nSPS) is 21.0. The van der Waals surface area contributed by atoms with Crippen LogP contribution in [0.3, 0.4) is 0 Å². The minimum absolute atomic E-state index is 0.0691. The number of hydrogen-bond acceptors (Lipinski definition) is 5. The molecule has 0 bridgehead atoms. The van der Waals surface area contributed by atoms with Gasteiger partial charge in [-0.1, -0.05) is 12.1 Å². The van der Waals surface area contributed by atoms with Crippen molar-refractivity contribution in [2.24, 2.45) is 0 Å². The summed E-state index contributed by atoms with van der Waals surface area (Å²) in [4.78, 5) is 37.1. The Kier molecular flexibility index (Phi) is 4.89. The van der Waals surface area contributed by atoms with Crippen molar-refractivity contribution < 1.29 is 19.1 Å². The average molecular weight is 359 g/mol. The van der Waals surface area contributed by atoms with Crippen LogP contribution in [-0.2, 0) is 14.3 Å². The first-order valence-electron chi connectivity index (χ1n) is 8.89. The fraction of sp³-hybridized carbons (Fsp3) is 0.526. The summed E-state index contributed by atoms with van der Waals surface area (Å²) in [6.07, 6.45) is 0.535. The van der Waals surface area contributed by atoms with Gasteiger partial charge in [-0.2, -0.15) is 0 Å². The zero-order valence-corrected chi connectivity index (χ0v) is 15.4. The molecule has 0 saturated carbocycles. The Morgan fingerprint density at radius 1 is 1.19 bits per heavy atom. The summed E-state index contributed by atoms with van der Waals surface area (Å²) in [5, 5.41) is 5.25. The molecule has 2 N–H and O–H groups in total. The minimum Gasteiger partial charge on any atom is -0.444 e. The summed E-state index contributed by atoms with van der Waals surface area (Å²) < 4.78 is 5.26. The van der Waals surface area contributed by atoms with Gasteiger partial charge in [-0.3, -0.25) is 14.9 Å². The first kappa shape index (κ1) is 18.2. The number of nitrogens with zero attached hydrogens (tertiary/aromatic N) is 1. The molecule has 2 aliphatic rings. The van der Waals surface area contributed by atoms with Crippen molar-refractivity contribution >= 4 is 23.6 Å². The Morgan fingerprint density at radius 2 is 1.85 bits per heavy atom. The van der Waals surface area contributed by atoms with E-state index in [0.717, 1.165) is 24.3 Å². The van der Waals surface area contributed by atoms with Crippen molar-refractivity contribution in [2.75, 3.05) is 18.0 Å². The molecular weight excluding hydrogens is 334 g/mol. The molecule has 0 aromatic heterocycles. The van der Waals surface area contributed by atoms with Gasteiger partial charge in [0.1, 0.15) is 5.60 Å². The first-order chi connectivity index (χ1) is 12.2. The van der Waals surface area contributed by atoms with Crippen LogP contribution in [0.1, 0.15) is 45.1 Å².